The topological polar surface area (TPSA) is 99.0 Å². The molecule has 94 valence electrons. The van der Waals surface area contributed by atoms with Crippen LogP contribution in [0, 0.1) is 10.1 Å². The lowest BCUT2D eigenvalue weighted by molar-refractivity contribution is -0.384. The summed E-state index contributed by atoms with van der Waals surface area (Å²) in [6, 6.07) is 0.234. The Kier molecular flexibility index (Phi) is 3.01. The minimum atomic E-state index is -0.367. The molecule has 1 aromatic rings. The van der Waals surface area contributed by atoms with E-state index in [-0.39, 0.29) is 22.7 Å². The summed E-state index contributed by atoms with van der Waals surface area (Å²) in [5.74, 6) is 0.469. The zero-order valence-corrected chi connectivity index (χ0v) is 10.0. The third-order valence-electron chi connectivity index (χ3n) is 2.92. The van der Waals surface area contributed by atoms with Crippen LogP contribution in [-0.2, 0) is 13.5 Å². The molecule has 2 atom stereocenters. The van der Waals surface area contributed by atoms with Gasteiger partial charge < -0.3 is 11.1 Å². The maximum Gasteiger partial charge on any atom is 0.334 e. The number of nitrogens with one attached hydrogen (secondary N) is 1. The number of hydrogen-bond donors (Lipinski definition) is 2. The molecule has 0 aliphatic heterocycles. The summed E-state index contributed by atoms with van der Waals surface area (Å²) >= 11 is 0. The Morgan fingerprint density at radius 2 is 2.35 bits per heavy atom. The molecule has 1 aliphatic rings. The Bertz CT molecular complexity index is 442. The minimum absolute atomic E-state index is 0.0912. The Morgan fingerprint density at radius 1 is 1.71 bits per heavy atom. The molecule has 0 aromatic carbocycles. The van der Waals surface area contributed by atoms with Gasteiger partial charge in [-0.1, -0.05) is 13.3 Å². The first-order valence-corrected chi connectivity index (χ1v) is 5.77. The van der Waals surface area contributed by atoms with Crippen molar-refractivity contribution < 1.29 is 4.92 Å². The van der Waals surface area contributed by atoms with E-state index in [1.165, 1.54) is 4.68 Å². The van der Waals surface area contributed by atoms with Crippen molar-refractivity contribution in [3.63, 3.8) is 0 Å². The van der Waals surface area contributed by atoms with E-state index in [4.69, 9.17) is 5.73 Å². The van der Waals surface area contributed by atoms with Gasteiger partial charge in [0.1, 0.15) is 5.69 Å². The molecule has 2 unspecified atom stereocenters. The maximum absolute atomic E-state index is 11.1. The number of nitro groups is 1. The van der Waals surface area contributed by atoms with Gasteiger partial charge in [-0.15, -0.1) is 0 Å². The van der Waals surface area contributed by atoms with E-state index in [9.17, 15) is 10.1 Å². The van der Waals surface area contributed by atoms with Gasteiger partial charge in [-0.05, 0) is 12.8 Å². The van der Waals surface area contributed by atoms with Crippen LogP contribution in [-0.4, -0.2) is 26.8 Å². The number of nitrogens with zero attached hydrogens (tertiary/aromatic N) is 3. The van der Waals surface area contributed by atoms with Crippen molar-refractivity contribution >= 4 is 11.5 Å². The second-order valence-corrected chi connectivity index (χ2v) is 4.43. The first-order valence-electron chi connectivity index (χ1n) is 5.77. The third-order valence-corrected chi connectivity index (χ3v) is 2.92. The van der Waals surface area contributed by atoms with E-state index in [1.54, 1.807) is 7.05 Å². The highest BCUT2D eigenvalue weighted by Gasteiger charge is 2.37. The van der Waals surface area contributed by atoms with E-state index in [1.807, 2.05) is 6.92 Å². The number of aryl methyl sites for hydroxylation is 2. The average Bonchev–Trinajstić information content (AvgIpc) is 2.83. The van der Waals surface area contributed by atoms with E-state index in [0.717, 1.165) is 12.8 Å². The van der Waals surface area contributed by atoms with Crippen molar-refractivity contribution in [3.8, 4) is 0 Å². The highest BCUT2D eigenvalue weighted by Crippen LogP contribution is 2.33. The lowest BCUT2D eigenvalue weighted by Gasteiger charge is -2.03. The summed E-state index contributed by atoms with van der Waals surface area (Å²) in [5.41, 5.74) is 6.32. The summed E-state index contributed by atoms with van der Waals surface area (Å²) in [6.07, 6.45) is 2.30. The van der Waals surface area contributed by atoms with Gasteiger partial charge in [0.25, 0.3) is 0 Å². The van der Waals surface area contributed by atoms with Gasteiger partial charge in [-0.2, -0.15) is 5.10 Å². The lowest BCUT2D eigenvalue weighted by atomic mass is 10.2. The SMILES string of the molecule is CCCc1nn(C)c(NC2CC2N)c1[N+](=O)[O-]. The summed E-state index contributed by atoms with van der Waals surface area (Å²) in [6.45, 7) is 1.97. The van der Waals surface area contributed by atoms with Crippen LogP contribution in [0.5, 0.6) is 0 Å². The summed E-state index contributed by atoms with van der Waals surface area (Å²) in [4.78, 5) is 10.7. The van der Waals surface area contributed by atoms with E-state index in [0.29, 0.717) is 17.9 Å². The highest BCUT2D eigenvalue weighted by atomic mass is 16.6. The smallest absolute Gasteiger partial charge is 0.334 e. The minimum Gasteiger partial charge on any atom is -0.360 e. The Balaban J connectivity index is 2.31. The molecule has 3 N–H and O–H groups in total. The second-order valence-electron chi connectivity index (χ2n) is 4.43. The lowest BCUT2D eigenvalue weighted by Crippen LogP contribution is -2.15. The standard InChI is InChI=1S/C10H17N5O2/c1-3-4-7-9(15(16)17)10(14(2)13-7)12-8-5-6(8)11/h6,8,12H,3-5,11H2,1-2H3. The molecule has 7 heteroatoms. The molecule has 0 bridgehead atoms. The molecule has 1 aliphatic carbocycles. The van der Waals surface area contributed by atoms with E-state index >= 15 is 0 Å². The van der Waals surface area contributed by atoms with Gasteiger partial charge in [-0.25, -0.2) is 4.68 Å². The number of nitrogens with two attached hydrogens (primary N) is 1. The van der Waals surface area contributed by atoms with Crippen LogP contribution in [0.15, 0.2) is 0 Å². The molecule has 1 saturated carbocycles. The molecule has 17 heavy (non-hydrogen) atoms. The van der Waals surface area contributed by atoms with E-state index < -0.39 is 0 Å². The number of rotatable bonds is 5. The van der Waals surface area contributed by atoms with Crippen molar-refractivity contribution in [3.05, 3.63) is 15.8 Å². The normalized spacial score (nSPS) is 22.5. The second kappa shape index (κ2) is 4.33. The quantitative estimate of drug-likeness (QED) is 0.584. The predicted octanol–water partition coefficient (Wildman–Crippen LogP) is 0.792. The molecule has 0 saturated heterocycles. The van der Waals surface area contributed by atoms with Gasteiger partial charge in [0.15, 0.2) is 0 Å². The Labute approximate surface area is 99.1 Å². The number of anilines is 1. The Hall–Kier alpha value is -1.63. The van der Waals surface area contributed by atoms with E-state index in [2.05, 4.69) is 10.4 Å². The largest absolute Gasteiger partial charge is 0.360 e. The van der Waals surface area contributed by atoms with Crippen LogP contribution in [0.1, 0.15) is 25.5 Å². The third kappa shape index (κ3) is 2.23. The fourth-order valence-electron chi connectivity index (χ4n) is 1.88. The Morgan fingerprint density at radius 3 is 2.82 bits per heavy atom. The van der Waals surface area contributed by atoms with Crippen LogP contribution < -0.4 is 11.1 Å². The zero-order chi connectivity index (χ0) is 12.6. The van der Waals surface area contributed by atoms with Crippen LogP contribution in [0.3, 0.4) is 0 Å². The first kappa shape index (κ1) is 11.8. The molecule has 0 amide bonds. The molecule has 2 rings (SSSR count). The maximum atomic E-state index is 11.1. The van der Waals surface area contributed by atoms with Gasteiger partial charge >= 0.3 is 5.69 Å². The van der Waals surface area contributed by atoms with Crippen LogP contribution in [0.25, 0.3) is 0 Å². The fraction of sp³-hybridized carbons (Fsp3) is 0.700. The van der Waals surface area contributed by atoms with Crippen LogP contribution in [0.4, 0.5) is 11.5 Å². The van der Waals surface area contributed by atoms with Crippen molar-refractivity contribution in [2.24, 2.45) is 12.8 Å². The van der Waals surface area contributed by atoms with Gasteiger partial charge in [-0.3, -0.25) is 10.1 Å². The zero-order valence-electron chi connectivity index (χ0n) is 10.0. The molecule has 1 aromatic heterocycles. The van der Waals surface area contributed by atoms with Crippen molar-refractivity contribution in [2.75, 3.05) is 5.32 Å². The molecule has 1 fully saturated rings. The highest BCUT2D eigenvalue weighted by molar-refractivity contribution is 5.61. The van der Waals surface area contributed by atoms with Gasteiger partial charge in [0.2, 0.25) is 5.82 Å². The van der Waals surface area contributed by atoms with Crippen LogP contribution >= 0.6 is 0 Å². The van der Waals surface area contributed by atoms with Crippen LogP contribution in [0.2, 0.25) is 0 Å². The molecule has 0 spiro atoms. The monoisotopic (exact) mass is 239 g/mol. The first-order chi connectivity index (χ1) is 8.04. The van der Waals surface area contributed by atoms with Gasteiger partial charge in [0, 0.05) is 19.1 Å². The summed E-state index contributed by atoms with van der Waals surface area (Å²) < 4.78 is 1.54. The summed E-state index contributed by atoms with van der Waals surface area (Å²) in [5, 5.41) is 18.4. The molecule has 1 heterocycles. The molecule has 0 radical (unpaired) electrons. The fourth-order valence-corrected chi connectivity index (χ4v) is 1.88. The molecule has 7 nitrogen and oxygen atoms in total. The van der Waals surface area contributed by atoms with Crippen molar-refractivity contribution in [1.29, 1.82) is 0 Å². The van der Waals surface area contributed by atoms with Crippen molar-refractivity contribution in [1.82, 2.24) is 9.78 Å². The molecular formula is C10H17N5O2. The summed E-state index contributed by atoms with van der Waals surface area (Å²) in [7, 11) is 1.71. The number of hydrogen-bond acceptors (Lipinski definition) is 5. The van der Waals surface area contributed by atoms with Crippen molar-refractivity contribution in [2.45, 2.75) is 38.3 Å². The number of aromatic nitrogens is 2. The molecular weight excluding hydrogens is 222 g/mol. The van der Waals surface area contributed by atoms with Gasteiger partial charge in [0.05, 0.1) is 4.92 Å². The average molecular weight is 239 g/mol. The predicted molar refractivity (Wildman–Crippen MR) is 63.9 cm³/mol.